The normalized spacial score (nSPS) is 12.2. The summed E-state index contributed by atoms with van der Waals surface area (Å²) in [4.78, 5) is 4.58. The quantitative estimate of drug-likeness (QED) is 0.518. The molecule has 0 fully saturated rings. The van der Waals surface area contributed by atoms with Crippen LogP contribution in [0.3, 0.4) is 0 Å². The molecular weight excluding hydrogens is 334 g/mol. The molecule has 0 radical (unpaired) electrons. The van der Waals surface area contributed by atoms with Crippen molar-refractivity contribution in [3.05, 3.63) is 108 Å². The second-order valence-electron chi connectivity index (χ2n) is 6.46. The maximum Gasteiger partial charge on any atom is 0.243 e. The predicted molar refractivity (Wildman–Crippen MR) is 106 cm³/mol. The van der Waals surface area contributed by atoms with E-state index in [2.05, 4.69) is 64.0 Å². The number of aromatic nitrogens is 2. The van der Waals surface area contributed by atoms with Gasteiger partial charge in [-0.1, -0.05) is 96.2 Å². The summed E-state index contributed by atoms with van der Waals surface area (Å²) in [5.41, 5.74) is 3.33. The van der Waals surface area contributed by atoms with E-state index in [1.807, 2.05) is 49.4 Å². The van der Waals surface area contributed by atoms with Gasteiger partial charge in [0.1, 0.15) is 0 Å². The molecular formula is C23H21N3O. The first-order valence-electron chi connectivity index (χ1n) is 9.06. The van der Waals surface area contributed by atoms with Crippen LogP contribution in [0.4, 0.5) is 0 Å². The Labute approximate surface area is 158 Å². The van der Waals surface area contributed by atoms with Crippen LogP contribution in [-0.2, 0) is 0 Å². The Balaban J connectivity index is 1.59. The molecule has 0 bridgehead atoms. The molecule has 4 aromatic rings. The number of benzene rings is 3. The van der Waals surface area contributed by atoms with Gasteiger partial charge in [-0.3, -0.25) is 5.32 Å². The lowest BCUT2D eigenvalue weighted by molar-refractivity contribution is 0.331. The lowest BCUT2D eigenvalue weighted by Gasteiger charge is -2.22. The smallest absolute Gasteiger partial charge is 0.243 e. The Hall–Kier alpha value is -3.24. The van der Waals surface area contributed by atoms with Gasteiger partial charge in [-0.05, 0) is 18.1 Å². The molecule has 134 valence electrons. The van der Waals surface area contributed by atoms with Crippen LogP contribution in [0.15, 0.2) is 95.5 Å². The average Bonchev–Trinajstić information content (AvgIpc) is 3.24. The molecule has 4 nitrogen and oxygen atoms in total. The van der Waals surface area contributed by atoms with Gasteiger partial charge < -0.3 is 4.52 Å². The third-order valence-corrected chi connectivity index (χ3v) is 4.53. The SMILES string of the molecule is CC(NC(c1ccccc1)c1ccccc1)c1nc(-c2ccccc2)no1. The van der Waals surface area contributed by atoms with Crippen molar-refractivity contribution in [2.45, 2.75) is 19.0 Å². The van der Waals surface area contributed by atoms with Crippen molar-refractivity contribution in [3.63, 3.8) is 0 Å². The van der Waals surface area contributed by atoms with Crippen molar-refractivity contribution in [2.24, 2.45) is 0 Å². The van der Waals surface area contributed by atoms with Crippen LogP contribution in [-0.4, -0.2) is 10.1 Å². The first kappa shape index (κ1) is 17.2. The molecule has 0 saturated heterocycles. The first-order chi connectivity index (χ1) is 13.3. The van der Waals surface area contributed by atoms with Gasteiger partial charge in [0.2, 0.25) is 11.7 Å². The van der Waals surface area contributed by atoms with Crippen molar-refractivity contribution >= 4 is 0 Å². The fourth-order valence-corrected chi connectivity index (χ4v) is 3.11. The lowest BCUT2D eigenvalue weighted by atomic mass is 9.98. The Morgan fingerprint density at radius 1 is 0.741 bits per heavy atom. The fraction of sp³-hybridized carbons (Fsp3) is 0.130. The number of nitrogens with one attached hydrogen (secondary N) is 1. The molecule has 0 saturated carbocycles. The third-order valence-electron chi connectivity index (χ3n) is 4.53. The van der Waals surface area contributed by atoms with Gasteiger partial charge in [-0.15, -0.1) is 0 Å². The van der Waals surface area contributed by atoms with E-state index in [-0.39, 0.29) is 12.1 Å². The van der Waals surface area contributed by atoms with Crippen molar-refractivity contribution < 1.29 is 4.52 Å². The molecule has 1 heterocycles. The highest BCUT2D eigenvalue weighted by molar-refractivity contribution is 5.53. The maximum atomic E-state index is 5.53. The van der Waals surface area contributed by atoms with E-state index >= 15 is 0 Å². The van der Waals surface area contributed by atoms with E-state index in [4.69, 9.17) is 4.52 Å². The third kappa shape index (κ3) is 3.96. The number of hydrogen-bond acceptors (Lipinski definition) is 4. The van der Waals surface area contributed by atoms with Crippen LogP contribution >= 0.6 is 0 Å². The van der Waals surface area contributed by atoms with E-state index in [0.717, 1.165) is 5.56 Å². The Kier molecular flexibility index (Phi) is 5.08. The number of nitrogens with zero attached hydrogens (tertiary/aromatic N) is 2. The van der Waals surface area contributed by atoms with Crippen molar-refractivity contribution in [2.75, 3.05) is 0 Å². The molecule has 1 unspecified atom stereocenters. The molecule has 1 N–H and O–H groups in total. The molecule has 4 heteroatoms. The zero-order chi connectivity index (χ0) is 18.5. The van der Waals surface area contributed by atoms with Gasteiger partial charge >= 0.3 is 0 Å². The van der Waals surface area contributed by atoms with Crippen LogP contribution in [0.2, 0.25) is 0 Å². The number of hydrogen-bond donors (Lipinski definition) is 1. The summed E-state index contributed by atoms with van der Waals surface area (Å²) in [5.74, 6) is 1.18. The van der Waals surface area contributed by atoms with Crippen LogP contribution in [0.1, 0.15) is 36.0 Å². The monoisotopic (exact) mass is 355 g/mol. The second-order valence-corrected chi connectivity index (χ2v) is 6.46. The topological polar surface area (TPSA) is 51.0 Å². The van der Waals surface area contributed by atoms with Gasteiger partial charge in [0, 0.05) is 5.56 Å². The van der Waals surface area contributed by atoms with Gasteiger partial charge in [-0.2, -0.15) is 4.98 Å². The van der Waals surface area contributed by atoms with E-state index in [0.29, 0.717) is 11.7 Å². The van der Waals surface area contributed by atoms with Crippen molar-refractivity contribution in [1.29, 1.82) is 0 Å². The zero-order valence-corrected chi connectivity index (χ0v) is 15.1. The summed E-state index contributed by atoms with van der Waals surface area (Å²) < 4.78 is 5.53. The van der Waals surface area contributed by atoms with E-state index < -0.39 is 0 Å². The largest absolute Gasteiger partial charge is 0.337 e. The molecule has 1 aromatic heterocycles. The van der Waals surface area contributed by atoms with Crippen molar-refractivity contribution in [1.82, 2.24) is 15.5 Å². The van der Waals surface area contributed by atoms with Gasteiger partial charge in [0.05, 0.1) is 12.1 Å². The first-order valence-corrected chi connectivity index (χ1v) is 9.06. The Bertz CT molecular complexity index is 929. The van der Waals surface area contributed by atoms with Gasteiger partial charge in [-0.25, -0.2) is 0 Å². The molecule has 0 aliphatic heterocycles. The van der Waals surface area contributed by atoms with Crippen molar-refractivity contribution in [3.8, 4) is 11.4 Å². The summed E-state index contributed by atoms with van der Waals surface area (Å²) in [7, 11) is 0. The molecule has 4 rings (SSSR count). The van der Waals surface area contributed by atoms with Gasteiger partial charge in [0.25, 0.3) is 0 Å². The van der Waals surface area contributed by atoms with E-state index in [1.165, 1.54) is 11.1 Å². The zero-order valence-electron chi connectivity index (χ0n) is 15.1. The minimum Gasteiger partial charge on any atom is -0.337 e. The molecule has 0 aliphatic rings. The minimum absolute atomic E-state index is 0.0366. The van der Waals surface area contributed by atoms with E-state index in [1.54, 1.807) is 0 Å². The standard InChI is InChI=1S/C23H21N3O/c1-17(23-25-22(26-27-23)20-15-9-4-10-16-20)24-21(18-11-5-2-6-12-18)19-13-7-3-8-14-19/h2-17,21,24H,1H3. The summed E-state index contributed by atoms with van der Waals surface area (Å²) in [6, 6.07) is 30.6. The molecule has 0 amide bonds. The number of rotatable bonds is 6. The lowest BCUT2D eigenvalue weighted by Crippen LogP contribution is -2.25. The Morgan fingerprint density at radius 2 is 1.26 bits per heavy atom. The van der Waals surface area contributed by atoms with Crippen LogP contribution in [0.25, 0.3) is 11.4 Å². The molecule has 0 spiro atoms. The molecule has 3 aromatic carbocycles. The van der Waals surface area contributed by atoms with Crippen LogP contribution in [0, 0.1) is 0 Å². The average molecular weight is 355 g/mol. The molecule has 27 heavy (non-hydrogen) atoms. The minimum atomic E-state index is -0.0969. The van der Waals surface area contributed by atoms with E-state index in [9.17, 15) is 0 Å². The summed E-state index contributed by atoms with van der Waals surface area (Å²) in [6.45, 7) is 2.04. The summed E-state index contributed by atoms with van der Waals surface area (Å²) in [5, 5.41) is 7.77. The molecule has 0 aliphatic carbocycles. The van der Waals surface area contributed by atoms with Crippen LogP contribution < -0.4 is 5.32 Å². The second kappa shape index (κ2) is 7.98. The highest BCUT2D eigenvalue weighted by Gasteiger charge is 2.21. The highest BCUT2D eigenvalue weighted by atomic mass is 16.5. The Morgan fingerprint density at radius 3 is 1.81 bits per heavy atom. The van der Waals surface area contributed by atoms with Crippen LogP contribution in [0.5, 0.6) is 0 Å². The van der Waals surface area contributed by atoms with Gasteiger partial charge in [0.15, 0.2) is 0 Å². The fourth-order valence-electron chi connectivity index (χ4n) is 3.11. The highest BCUT2D eigenvalue weighted by Crippen LogP contribution is 2.26. The summed E-state index contributed by atoms with van der Waals surface area (Å²) >= 11 is 0. The maximum absolute atomic E-state index is 5.53. The molecule has 1 atom stereocenters. The predicted octanol–water partition coefficient (Wildman–Crippen LogP) is 5.18. The summed E-state index contributed by atoms with van der Waals surface area (Å²) in [6.07, 6.45) is 0.